The average Bonchev–Trinajstić information content (AvgIpc) is 3.43. The van der Waals surface area contributed by atoms with Crippen LogP contribution in [0.4, 0.5) is 5.69 Å². The second kappa shape index (κ2) is 7.53. The van der Waals surface area contributed by atoms with Crippen molar-refractivity contribution >= 4 is 23.4 Å². The predicted molar refractivity (Wildman–Crippen MR) is 94.5 cm³/mol. The molecule has 1 saturated carbocycles. The van der Waals surface area contributed by atoms with Crippen molar-refractivity contribution in [3.63, 3.8) is 0 Å². The van der Waals surface area contributed by atoms with Gasteiger partial charge in [0.2, 0.25) is 0 Å². The van der Waals surface area contributed by atoms with Crippen molar-refractivity contribution in [1.29, 1.82) is 0 Å². The Morgan fingerprint density at radius 1 is 1.33 bits per heavy atom. The number of hydrogen-bond donors (Lipinski definition) is 1. The van der Waals surface area contributed by atoms with Crippen molar-refractivity contribution in [2.75, 3.05) is 25.9 Å². The van der Waals surface area contributed by atoms with Crippen LogP contribution in [0, 0.1) is 16.0 Å². The first kappa shape index (κ1) is 17.2. The van der Waals surface area contributed by atoms with Gasteiger partial charge in [-0.05, 0) is 56.5 Å². The molecular weight excluding hydrogens is 326 g/mol. The summed E-state index contributed by atoms with van der Waals surface area (Å²) < 4.78 is 0. The van der Waals surface area contributed by atoms with Gasteiger partial charge >= 0.3 is 0 Å². The van der Waals surface area contributed by atoms with Gasteiger partial charge in [0.15, 0.2) is 0 Å². The van der Waals surface area contributed by atoms with Gasteiger partial charge in [0.05, 0.1) is 4.92 Å². The van der Waals surface area contributed by atoms with Gasteiger partial charge in [-0.25, -0.2) is 0 Å². The van der Waals surface area contributed by atoms with E-state index in [0.29, 0.717) is 19.1 Å². The Bertz CT molecular complexity index is 626. The van der Waals surface area contributed by atoms with Crippen LogP contribution >= 0.6 is 11.8 Å². The zero-order valence-corrected chi connectivity index (χ0v) is 14.7. The van der Waals surface area contributed by atoms with Crippen molar-refractivity contribution in [2.45, 2.75) is 36.6 Å². The molecule has 0 spiro atoms. The van der Waals surface area contributed by atoms with Crippen LogP contribution in [0.2, 0.25) is 0 Å². The van der Waals surface area contributed by atoms with Gasteiger partial charge in [0.25, 0.3) is 11.6 Å². The summed E-state index contributed by atoms with van der Waals surface area (Å²) in [6, 6.07) is 5.22. The van der Waals surface area contributed by atoms with E-state index in [2.05, 4.69) is 5.32 Å². The minimum atomic E-state index is -0.471. The SMILES string of the molecule is CSc1ccc([N+](=O)[O-])c(C(=O)N2CCC(NCC3CC3)CC2)c1. The quantitative estimate of drug-likeness (QED) is 0.485. The van der Waals surface area contributed by atoms with Gasteiger partial charge in [-0.3, -0.25) is 14.9 Å². The third-order valence-electron chi connectivity index (χ3n) is 4.81. The van der Waals surface area contributed by atoms with Crippen LogP contribution in [0.15, 0.2) is 23.1 Å². The lowest BCUT2D eigenvalue weighted by molar-refractivity contribution is -0.385. The van der Waals surface area contributed by atoms with Crippen LogP contribution < -0.4 is 5.32 Å². The molecule has 130 valence electrons. The molecule has 0 radical (unpaired) electrons. The van der Waals surface area contributed by atoms with Gasteiger partial charge in [-0.2, -0.15) is 0 Å². The normalized spacial score (nSPS) is 18.6. The van der Waals surface area contributed by atoms with Gasteiger partial charge < -0.3 is 10.2 Å². The number of likely N-dealkylation sites (tertiary alicyclic amines) is 1. The number of carbonyl (C=O) groups is 1. The van der Waals surface area contributed by atoms with Crippen LogP contribution in [0.5, 0.6) is 0 Å². The van der Waals surface area contributed by atoms with Crippen molar-refractivity contribution in [3.05, 3.63) is 33.9 Å². The molecule has 1 saturated heterocycles. The Morgan fingerprint density at radius 2 is 2.04 bits per heavy atom. The summed E-state index contributed by atoms with van der Waals surface area (Å²) in [5.74, 6) is 0.625. The summed E-state index contributed by atoms with van der Waals surface area (Å²) in [7, 11) is 0. The van der Waals surface area contributed by atoms with Crippen LogP contribution in [0.3, 0.4) is 0 Å². The maximum Gasteiger partial charge on any atom is 0.282 e. The third kappa shape index (κ3) is 4.08. The summed E-state index contributed by atoms with van der Waals surface area (Å²) in [5, 5.41) is 14.8. The van der Waals surface area contributed by atoms with Crippen molar-refractivity contribution < 1.29 is 9.72 Å². The molecule has 6 nitrogen and oxygen atoms in total. The fourth-order valence-corrected chi connectivity index (χ4v) is 3.52. The van der Waals surface area contributed by atoms with E-state index in [4.69, 9.17) is 0 Å². The fourth-order valence-electron chi connectivity index (χ4n) is 3.08. The Hall–Kier alpha value is -1.60. The van der Waals surface area contributed by atoms with E-state index in [0.717, 1.165) is 30.2 Å². The minimum Gasteiger partial charge on any atom is -0.338 e. The van der Waals surface area contributed by atoms with Gasteiger partial charge in [-0.15, -0.1) is 11.8 Å². The first-order valence-electron chi connectivity index (χ1n) is 8.43. The Labute approximate surface area is 146 Å². The number of amides is 1. The molecule has 3 rings (SSSR count). The molecule has 0 unspecified atom stereocenters. The summed E-state index contributed by atoms with van der Waals surface area (Å²) in [6.07, 6.45) is 6.38. The zero-order valence-electron chi connectivity index (χ0n) is 13.9. The molecule has 1 amide bonds. The minimum absolute atomic E-state index is 0.105. The van der Waals surface area contributed by atoms with Crippen LogP contribution in [0.1, 0.15) is 36.0 Å². The number of nitrogens with one attached hydrogen (secondary N) is 1. The van der Waals surface area contributed by atoms with E-state index in [1.165, 1.54) is 30.7 Å². The number of nitro benzene ring substituents is 1. The molecule has 0 atom stereocenters. The van der Waals surface area contributed by atoms with Gasteiger partial charge in [-0.1, -0.05) is 0 Å². The number of rotatable bonds is 6. The van der Waals surface area contributed by atoms with E-state index in [1.54, 1.807) is 17.0 Å². The second-order valence-corrected chi connectivity index (χ2v) is 7.44. The number of nitro groups is 1. The number of hydrogen-bond acceptors (Lipinski definition) is 5. The molecule has 0 bridgehead atoms. The molecule has 24 heavy (non-hydrogen) atoms. The molecule has 1 heterocycles. The molecule has 1 N–H and O–H groups in total. The summed E-state index contributed by atoms with van der Waals surface area (Å²) >= 11 is 1.48. The summed E-state index contributed by atoms with van der Waals surface area (Å²) in [6.45, 7) is 2.39. The smallest absolute Gasteiger partial charge is 0.282 e. The highest BCUT2D eigenvalue weighted by atomic mass is 32.2. The highest BCUT2D eigenvalue weighted by Crippen LogP contribution is 2.29. The molecule has 1 aromatic carbocycles. The average molecular weight is 349 g/mol. The monoisotopic (exact) mass is 349 g/mol. The van der Waals surface area contributed by atoms with Crippen molar-refractivity contribution in [1.82, 2.24) is 10.2 Å². The maximum absolute atomic E-state index is 12.8. The van der Waals surface area contributed by atoms with Crippen LogP contribution in [-0.2, 0) is 0 Å². The lowest BCUT2D eigenvalue weighted by Gasteiger charge is -2.32. The second-order valence-electron chi connectivity index (χ2n) is 6.56. The summed E-state index contributed by atoms with van der Waals surface area (Å²) in [4.78, 5) is 26.1. The summed E-state index contributed by atoms with van der Waals surface area (Å²) in [5.41, 5.74) is 0.100. The molecule has 0 aromatic heterocycles. The number of nitrogens with zero attached hydrogens (tertiary/aromatic N) is 2. The van der Waals surface area contributed by atoms with Crippen LogP contribution in [0.25, 0.3) is 0 Å². The Kier molecular flexibility index (Phi) is 5.40. The lowest BCUT2D eigenvalue weighted by atomic mass is 10.0. The highest BCUT2D eigenvalue weighted by Gasteiger charge is 2.29. The number of carbonyl (C=O) groups excluding carboxylic acids is 1. The molecule has 7 heteroatoms. The Morgan fingerprint density at radius 3 is 2.62 bits per heavy atom. The molecule has 1 aliphatic heterocycles. The fraction of sp³-hybridized carbons (Fsp3) is 0.588. The standard InChI is InChI=1S/C17H23N3O3S/c1-24-14-4-5-16(20(22)23)15(10-14)17(21)19-8-6-13(7-9-19)18-11-12-2-3-12/h4-5,10,12-13,18H,2-3,6-9,11H2,1H3. The van der Waals surface area contributed by atoms with E-state index in [-0.39, 0.29) is 17.2 Å². The topological polar surface area (TPSA) is 75.5 Å². The van der Waals surface area contributed by atoms with E-state index in [9.17, 15) is 14.9 Å². The van der Waals surface area contributed by atoms with Gasteiger partial charge in [0, 0.05) is 30.1 Å². The molecule has 1 aromatic rings. The number of benzene rings is 1. The lowest BCUT2D eigenvalue weighted by Crippen LogP contribution is -2.45. The van der Waals surface area contributed by atoms with Crippen molar-refractivity contribution in [3.8, 4) is 0 Å². The van der Waals surface area contributed by atoms with Gasteiger partial charge in [0.1, 0.15) is 5.56 Å². The maximum atomic E-state index is 12.8. The number of piperidine rings is 1. The first-order chi connectivity index (χ1) is 11.6. The highest BCUT2D eigenvalue weighted by molar-refractivity contribution is 7.98. The van der Waals surface area contributed by atoms with E-state index in [1.807, 2.05) is 6.26 Å². The van der Waals surface area contributed by atoms with E-state index >= 15 is 0 Å². The third-order valence-corrected chi connectivity index (χ3v) is 5.53. The molecule has 2 fully saturated rings. The Balaban J connectivity index is 1.64. The molecule has 2 aliphatic rings. The molecular formula is C17H23N3O3S. The number of thioether (sulfide) groups is 1. The first-order valence-corrected chi connectivity index (χ1v) is 9.66. The molecule has 1 aliphatic carbocycles. The predicted octanol–water partition coefficient (Wildman–Crippen LogP) is 2.92. The largest absolute Gasteiger partial charge is 0.338 e. The van der Waals surface area contributed by atoms with Crippen LogP contribution in [-0.4, -0.2) is 47.7 Å². The van der Waals surface area contributed by atoms with E-state index < -0.39 is 4.92 Å². The zero-order chi connectivity index (χ0) is 17.1. The van der Waals surface area contributed by atoms with Crippen molar-refractivity contribution in [2.24, 2.45) is 5.92 Å².